The lowest BCUT2D eigenvalue weighted by atomic mass is 10.1. The Morgan fingerprint density at radius 2 is 1.85 bits per heavy atom. The molecule has 0 bridgehead atoms. The number of ether oxygens (including phenoxy) is 3. The summed E-state index contributed by atoms with van der Waals surface area (Å²) in [5.74, 6) is 0.0791. The zero-order valence-electron chi connectivity index (χ0n) is 14.0. The Labute approximate surface area is 151 Å². The number of nitrogens with zero attached hydrogens (tertiary/aromatic N) is 2. The molecule has 2 aromatic carbocycles. The molecule has 0 radical (unpaired) electrons. The number of nitro benzene ring substituents is 1. The summed E-state index contributed by atoms with van der Waals surface area (Å²) < 4.78 is 17.0. The Balaban J connectivity index is 2.03. The third kappa shape index (κ3) is 2.65. The van der Waals surface area contributed by atoms with Gasteiger partial charge >= 0.3 is 5.97 Å². The molecule has 1 aliphatic rings. The lowest BCUT2D eigenvalue weighted by molar-refractivity contribution is -0.384. The van der Waals surface area contributed by atoms with Gasteiger partial charge in [-0.25, -0.2) is 4.79 Å². The van der Waals surface area contributed by atoms with Crippen LogP contribution in [0.3, 0.4) is 0 Å². The second-order valence-electron chi connectivity index (χ2n) is 5.73. The first-order valence-corrected chi connectivity index (χ1v) is 7.82. The lowest BCUT2D eigenvalue weighted by Crippen LogP contribution is -2.19. The van der Waals surface area contributed by atoms with E-state index in [1.807, 2.05) is 0 Å². The van der Waals surface area contributed by atoms with Crippen molar-refractivity contribution in [2.24, 2.45) is 0 Å². The first-order valence-electron chi connectivity index (χ1n) is 7.82. The monoisotopic (exact) mass is 368 g/mol. The zero-order chi connectivity index (χ0) is 19.1. The van der Waals surface area contributed by atoms with Gasteiger partial charge in [0.2, 0.25) is 12.2 Å². The predicted octanol–water partition coefficient (Wildman–Crippen LogP) is 2.41. The van der Waals surface area contributed by atoms with Gasteiger partial charge in [-0.1, -0.05) is 0 Å². The predicted molar refractivity (Wildman–Crippen MR) is 93.7 cm³/mol. The molecule has 9 nitrogen and oxygen atoms in total. The van der Waals surface area contributed by atoms with Gasteiger partial charge in [0.05, 0.1) is 22.9 Å². The van der Waals surface area contributed by atoms with Crippen LogP contribution in [0.1, 0.15) is 10.4 Å². The maximum Gasteiger partial charge on any atom is 0.343 e. The van der Waals surface area contributed by atoms with E-state index in [2.05, 4.69) is 0 Å². The minimum atomic E-state index is -0.782. The zero-order valence-corrected chi connectivity index (χ0v) is 14.0. The molecule has 9 heteroatoms. The van der Waals surface area contributed by atoms with Gasteiger partial charge in [-0.2, -0.15) is 0 Å². The Morgan fingerprint density at radius 1 is 1.19 bits per heavy atom. The van der Waals surface area contributed by atoms with Crippen molar-refractivity contribution < 1.29 is 23.9 Å². The summed E-state index contributed by atoms with van der Waals surface area (Å²) in [5, 5.41) is 11.1. The number of aromatic nitrogens is 1. The lowest BCUT2D eigenvalue weighted by Gasteiger charge is -2.13. The Hall–Kier alpha value is -3.88. The molecule has 0 unspecified atom stereocenters. The maximum atomic E-state index is 12.8. The molecule has 4 rings (SSSR count). The van der Waals surface area contributed by atoms with Crippen LogP contribution in [0.2, 0.25) is 0 Å². The van der Waals surface area contributed by atoms with E-state index in [1.54, 1.807) is 10.6 Å². The number of hydrogen-bond acceptors (Lipinski definition) is 7. The van der Waals surface area contributed by atoms with Crippen LogP contribution in [-0.2, 0) is 4.74 Å². The highest BCUT2D eigenvalue weighted by atomic mass is 16.7. The average Bonchev–Trinajstić information content (AvgIpc) is 3.14. The molecule has 0 spiro atoms. The molecule has 3 aromatic rings. The molecule has 0 saturated carbocycles. The number of hydrogen-bond donors (Lipinski definition) is 0. The highest BCUT2D eigenvalue weighted by Crippen LogP contribution is 2.36. The molecule has 0 N–H and O–H groups in total. The van der Waals surface area contributed by atoms with Crippen LogP contribution in [-0.4, -0.2) is 29.4 Å². The molecule has 1 aliphatic heterocycles. The van der Waals surface area contributed by atoms with Crippen molar-refractivity contribution in [2.75, 3.05) is 13.9 Å². The molecule has 0 saturated heterocycles. The summed E-state index contributed by atoms with van der Waals surface area (Å²) >= 11 is 0. The molecular formula is C18H12N2O7. The molecule has 0 fully saturated rings. The van der Waals surface area contributed by atoms with Gasteiger partial charge < -0.3 is 18.8 Å². The van der Waals surface area contributed by atoms with Crippen LogP contribution < -0.4 is 14.9 Å². The number of carbonyl (C=O) groups excluding carboxylic acids is 1. The number of benzene rings is 2. The number of rotatable bonds is 3. The van der Waals surface area contributed by atoms with E-state index in [0.29, 0.717) is 22.7 Å². The molecule has 0 amide bonds. The van der Waals surface area contributed by atoms with Gasteiger partial charge in [0.25, 0.3) is 5.69 Å². The van der Waals surface area contributed by atoms with Crippen molar-refractivity contribution in [3.8, 4) is 17.2 Å². The van der Waals surface area contributed by atoms with Crippen LogP contribution in [0, 0.1) is 10.1 Å². The number of non-ortho nitro benzene ring substituents is 1. The third-order valence-electron chi connectivity index (χ3n) is 4.24. The quantitative estimate of drug-likeness (QED) is 0.397. The van der Waals surface area contributed by atoms with Crippen molar-refractivity contribution in [1.29, 1.82) is 0 Å². The van der Waals surface area contributed by atoms with Gasteiger partial charge in [0, 0.05) is 30.1 Å². The molecule has 1 aromatic heterocycles. The number of carbonyl (C=O) groups is 1. The van der Waals surface area contributed by atoms with Crippen molar-refractivity contribution in [3.05, 3.63) is 68.5 Å². The number of pyridine rings is 1. The second-order valence-corrected chi connectivity index (χ2v) is 5.73. The number of methoxy groups -OCH3 is 1. The topological polar surface area (TPSA) is 110 Å². The van der Waals surface area contributed by atoms with E-state index in [1.165, 1.54) is 43.6 Å². The third-order valence-corrected chi connectivity index (χ3v) is 4.24. The maximum absolute atomic E-state index is 12.8. The number of esters is 1. The molecule has 0 aliphatic carbocycles. The molecular weight excluding hydrogens is 356 g/mol. The SMILES string of the molecule is COC(=O)c1cn(-c2ccc([N+](=O)[O-])cc2)c2cc3c(cc2c1=O)OCO3. The standard InChI is InChI=1S/C18H12N2O7/c1-25-18(22)13-8-19(10-2-4-11(5-3-10)20(23)24)14-7-16-15(26-9-27-16)6-12(14)17(13)21/h2-8H,9H2,1H3. The van der Waals surface area contributed by atoms with E-state index >= 15 is 0 Å². The summed E-state index contributed by atoms with van der Waals surface area (Å²) in [4.78, 5) is 35.2. The fraction of sp³-hybridized carbons (Fsp3) is 0.111. The summed E-state index contributed by atoms with van der Waals surface area (Å²) in [6.07, 6.45) is 1.35. The van der Waals surface area contributed by atoms with Crippen molar-refractivity contribution >= 4 is 22.6 Å². The highest BCUT2D eigenvalue weighted by Gasteiger charge is 2.22. The fourth-order valence-corrected chi connectivity index (χ4v) is 2.92. The van der Waals surface area contributed by atoms with Crippen LogP contribution in [0.15, 0.2) is 47.4 Å². The van der Waals surface area contributed by atoms with Crippen molar-refractivity contribution in [3.63, 3.8) is 0 Å². The highest BCUT2D eigenvalue weighted by molar-refractivity contribution is 5.95. The number of fused-ring (bicyclic) bond motifs is 2. The average molecular weight is 368 g/mol. The second kappa shape index (κ2) is 6.13. The van der Waals surface area contributed by atoms with Gasteiger partial charge in [0.1, 0.15) is 5.56 Å². The minimum Gasteiger partial charge on any atom is -0.465 e. The molecule has 27 heavy (non-hydrogen) atoms. The van der Waals surface area contributed by atoms with E-state index < -0.39 is 16.3 Å². The summed E-state index contributed by atoms with van der Waals surface area (Å²) in [6.45, 7) is 0.0290. The molecule has 136 valence electrons. The van der Waals surface area contributed by atoms with Gasteiger partial charge in [-0.05, 0) is 18.2 Å². The molecule has 2 heterocycles. The van der Waals surface area contributed by atoms with E-state index in [0.717, 1.165) is 0 Å². The Kier molecular flexibility index (Phi) is 3.76. The van der Waals surface area contributed by atoms with Gasteiger partial charge in [-0.15, -0.1) is 0 Å². The Morgan fingerprint density at radius 3 is 2.48 bits per heavy atom. The van der Waals surface area contributed by atoms with Crippen LogP contribution in [0.25, 0.3) is 16.6 Å². The van der Waals surface area contributed by atoms with Gasteiger partial charge in [-0.3, -0.25) is 14.9 Å². The van der Waals surface area contributed by atoms with Crippen LogP contribution in [0.5, 0.6) is 11.5 Å². The first-order chi connectivity index (χ1) is 13.0. The van der Waals surface area contributed by atoms with E-state index in [9.17, 15) is 19.7 Å². The van der Waals surface area contributed by atoms with E-state index in [4.69, 9.17) is 14.2 Å². The Bertz CT molecular complexity index is 1150. The van der Waals surface area contributed by atoms with Crippen LogP contribution >= 0.6 is 0 Å². The minimum absolute atomic E-state index is 0.0290. The summed E-state index contributed by atoms with van der Waals surface area (Å²) in [6, 6.07) is 8.85. The normalized spacial score (nSPS) is 12.2. The fourth-order valence-electron chi connectivity index (χ4n) is 2.92. The summed E-state index contributed by atoms with van der Waals surface area (Å²) in [5.41, 5.74) is 0.242. The van der Waals surface area contributed by atoms with Gasteiger partial charge in [0.15, 0.2) is 11.5 Å². The van der Waals surface area contributed by atoms with Crippen molar-refractivity contribution in [2.45, 2.75) is 0 Å². The summed E-state index contributed by atoms with van der Waals surface area (Å²) in [7, 11) is 1.18. The van der Waals surface area contributed by atoms with E-state index in [-0.39, 0.29) is 23.4 Å². The molecule has 0 atom stereocenters. The first kappa shape index (κ1) is 16.6. The van der Waals surface area contributed by atoms with Crippen molar-refractivity contribution in [1.82, 2.24) is 4.57 Å². The largest absolute Gasteiger partial charge is 0.465 e. The van der Waals surface area contributed by atoms with Crippen LogP contribution in [0.4, 0.5) is 5.69 Å². The smallest absolute Gasteiger partial charge is 0.343 e. The number of nitro groups is 1.